The number of aliphatic hydroxyl groups excluding tert-OH is 1. The van der Waals surface area contributed by atoms with Gasteiger partial charge in [0, 0.05) is 25.7 Å². The van der Waals surface area contributed by atoms with Crippen molar-refractivity contribution in [2.24, 2.45) is 17.8 Å². The molecule has 4 unspecified atom stereocenters. The molecule has 0 aromatic rings. The van der Waals surface area contributed by atoms with Gasteiger partial charge in [-0.1, -0.05) is 370 Å². The van der Waals surface area contributed by atoms with E-state index in [4.69, 9.17) is 37.0 Å². The van der Waals surface area contributed by atoms with E-state index >= 15 is 0 Å². The maximum Gasteiger partial charge on any atom is 0.472 e. The van der Waals surface area contributed by atoms with Gasteiger partial charge in [0.2, 0.25) is 0 Å². The monoisotopic (exact) mass is 1470 g/mol. The Morgan fingerprint density at radius 2 is 0.510 bits per heavy atom. The average Bonchev–Trinajstić information content (AvgIpc) is 1.08. The minimum atomic E-state index is -4.96. The second-order valence-corrected chi connectivity index (χ2v) is 33.0. The fourth-order valence-electron chi connectivity index (χ4n) is 12.4. The van der Waals surface area contributed by atoms with Crippen LogP contribution in [0.3, 0.4) is 0 Å². The lowest BCUT2D eigenvalue weighted by Crippen LogP contribution is -2.30. The molecule has 0 heterocycles. The lowest BCUT2D eigenvalue weighted by molar-refractivity contribution is -0.161. The van der Waals surface area contributed by atoms with E-state index in [2.05, 4.69) is 48.5 Å². The molecule has 0 radical (unpaired) electrons. The first-order valence-corrected chi connectivity index (χ1v) is 44.9. The second kappa shape index (κ2) is 71.3. The molecular formula is C81H158O17P2. The first kappa shape index (κ1) is 98.1. The summed E-state index contributed by atoms with van der Waals surface area (Å²) in [6.45, 7) is 12.0. The van der Waals surface area contributed by atoms with Crippen molar-refractivity contribution in [3.05, 3.63) is 0 Å². The maximum absolute atomic E-state index is 13.1. The summed E-state index contributed by atoms with van der Waals surface area (Å²) in [5.41, 5.74) is 0. The number of phosphoric ester groups is 2. The van der Waals surface area contributed by atoms with Crippen LogP contribution in [-0.2, 0) is 65.4 Å². The van der Waals surface area contributed by atoms with Crippen molar-refractivity contribution < 1.29 is 80.2 Å². The van der Waals surface area contributed by atoms with Crippen molar-refractivity contribution >= 4 is 39.5 Å². The quantitative estimate of drug-likeness (QED) is 0.0222. The van der Waals surface area contributed by atoms with Crippen LogP contribution < -0.4 is 0 Å². The summed E-state index contributed by atoms with van der Waals surface area (Å²) in [6, 6.07) is 0. The summed E-state index contributed by atoms with van der Waals surface area (Å²) in [6.07, 6.45) is 59.4. The Hall–Kier alpha value is -1.94. The molecule has 0 aliphatic rings. The predicted octanol–water partition coefficient (Wildman–Crippen LogP) is 24.1. The Balaban J connectivity index is 5.25. The Morgan fingerprint density at radius 1 is 0.290 bits per heavy atom. The van der Waals surface area contributed by atoms with E-state index in [0.29, 0.717) is 25.7 Å². The Bertz CT molecular complexity index is 1940. The van der Waals surface area contributed by atoms with E-state index in [1.165, 1.54) is 231 Å². The van der Waals surface area contributed by atoms with Gasteiger partial charge in [0.1, 0.15) is 19.3 Å². The standard InChI is InChI=1S/C81H158O17P2/c1-8-11-12-13-14-15-16-27-34-41-48-55-62-78(83)91-69-77(98-81(86)65-58-51-44-37-30-31-38-45-52-59-72(4)5)71-96-100(89,90)94-67-75(82)66-93-99(87,88)95-70-76(97-80(85)64-57-50-43-36-29-24-20-18-22-26-33-40-47-54-61-74(7)10-3)68-92-79(84)63-56-49-42-35-28-23-19-17-21-25-32-39-46-53-60-73(6)9-2/h72-77,82H,8-71H2,1-7H3,(H,87,88)(H,89,90)/t73?,74?,75-,76-,77-/m1/s1. The lowest BCUT2D eigenvalue weighted by atomic mass is 9.99. The number of phosphoric acid groups is 2. The molecule has 0 aliphatic heterocycles. The van der Waals surface area contributed by atoms with Gasteiger partial charge in [-0.2, -0.15) is 0 Å². The molecule has 0 fully saturated rings. The smallest absolute Gasteiger partial charge is 0.462 e. The molecule has 594 valence electrons. The fraction of sp³-hybridized carbons (Fsp3) is 0.951. The largest absolute Gasteiger partial charge is 0.472 e. The average molecular weight is 1470 g/mol. The molecule has 100 heavy (non-hydrogen) atoms. The van der Waals surface area contributed by atoms with E-state index < -0.39 is 97.5 Å². The zero-order chi connectivity index (χ0) is 73.7. The van der Waals surface area contributed by atoms with E-state index in [1.807, 2.05) is 0 Å². The zero-order valence-electron chi connectivity index (χ0n) is 65.7. The number of unbranched alkanes of at least 4 members (excludes halogenated alkanes) is 45. The highest BCUT2D eigenvalue weighted by Crippen LogP contribution is 2.45. The Labute approximate surface area is 613 Å². The third-order valence-corrected chi connectivity index (χ3v) is 21.5. The molecule has 0 aromatic heterocycles. The number of carbonyl (C=O) groups excluding carboxylic acids is 4. The summed E-state index contributed by atoms with van der Waals surface area (Å²) < 4.78 is 68.7. The SMILES string of the molecule is CCCCCCCCCCCCCCC(=O)OC[C@H](COP(=O)(O)OC[C@H](O)COP(=O)(O)OC[C@@H](COC(=O)CCCCCCCCCCCCCCCCC(C)CC)OC(=O)CCCCCCCCCCCCCCCCC(C)CC)OC(=O)CCCCCCCCCCCC(C)C. The molecule has 0 saturated carbocycles. The van der Waals surface area contributed by atoms with Gasteiger partial charge in [-0.15, -0.1) is 0 Å². The minimum absolute atomic E-state index is 0.106. The Kier molecular flexibility index (Phi) is 69.9. The molecule has 0 aromatic carbocycles. The zero-order valence-corrected chi connectivity index (χ0v) is 67.5. The molecule has 17 nitrogen and oxygen atoms in total. The number of aliphatic hydroxyl groups is 1. The van der Waals surface area contributed by atoms with Crippen LogP contribution in [0.15, 0.2) is 0 Å². The number of ether oxygens (including phenoxy) is 4. The van der Waals surface area contributed by atoms with Crippen LogP contribution in [0.5, 0.6) is 0 Å². The van der Waals surface area contributed by atoms with Crippen molar-refractivity contribution in [1.82, 2.24) is 0 Å². The third kappa shape index (κ3) is 71.7. The van der Waals surface area contributed by atoms with Crippen LogP contribution in [0, 0.1) is 17.8 Å². The van der Waals surface area contributed by atoms with Crippen molar-refractivity contribution in [1.29, 1.82) is 0 Å². The van der Waals surface area contributed by atoms with Crippen molar-refractivity contribution in [3.63, 3.8) is 0 Å². The summed E-state index contributed by atoms with van der Waals surface area (Å²) in [7, 11) is -9.92. The molecule has 0 bridgehead atoms. The predicted molar refractivity (Wildman–Crippen MR) is 409 cm³/mol. The van der Waals surface area contributed by atoms with Gasteiger partial charge in [0.15, 0.2) is 12.2 Å². The van der Waals surface area contributed by atoms with E-state index in [0.717, 1.165) is 108 Å². The molecule has 0 rings (SSSR count). The number of esters is 4. The highest BCUT2D eigenvalue weighted by molar-refractivity contribution is 7.47. The summed E-state index contributed by atoms with van der Waals surface area (Å²) in [5.74, 6) is 0.322. The topological polar surface area (TPSA) is 237 Å². The van der Waals surface area contributed by atoms with E-state index in [9.17, 15) is 43.2 Å². The third-order valence-electron chi connectivity index (χ3n) is 19.6. The number of hydrogen-bond donors (Lipinski definition) is 3. The first-order valence-electron chi connectivity index (χ1n) is 41.9. The Morgan fingerprint density at radius 3 is 0.760 bits per heavy atom. The molecular weight excluding hydrogens is 1310 g/mol. The summed E-state index contributed by atoms with van der Waals surface area (Å²) >= 11 is 0. The van der Waals surface area contributed by atoms with Gasteiger partial charge in [-0.05, 0) is 43.4 Å². The number of hydrogen-bond acceptors (Lipinski definition) is 15. The van der Waals surface area contributed by atoms with Crippen LogP contribution in [0.1, 0.15) is 421 Å². The summed E-state index contributed by atoms with van der Waals surface area (Å²) in [4.78, 5) is 73.0. The van der Waals surface area contributed by atoms with Crippen molar-refractivity contribution in [2.75, 3.05) is 39.6 Å². The summed E-state index contributed by atoms with van der Waals surface area (Å²) in [5, 5.41) is 10.6. The molecule has 0 spiro atoms. The highest BCUT2D eigenvalue weighted by Gasteiger charge is 2.30. The highest BCUT2D eigenvalue weighted by atomic mass is 31.2. The van der Waals surface area contributed by atoms with Crippen LogP contribution in [-0.4, -0.2) is 96.7 Å². The van der Waals surface area contributed by atoms with Crippen LogP contribution in [0.4, 0.5) is 0 Å². The minimum Gasteiger partial charge on any atom is -0.462 e. The molecule has 0 amide bonds. The van der Waals surface area contributed by atoms with Gasteiger partial charge in [-0.25, -0.2) is 9.13 Å². The molecule has 0 saturated heterocycles. The number of carbonyl (C=O) groups is 4. The van der Waals surface area contributed by atoms with Crippen molar-refractivity contribution in [2.45, 2.75) is 439 Å². The van der Waals surface area contributed by atoms with Crippen LogP contribution in [0.2, 0.25) is 0 Å². The first-order chi connectivity index (χ1) is 48.3. The van der Waals surface area contributed by atoms with E-state index in [-0.39, 0.29) is 25.7 Å². The second-order valence-electron chi connectivity index (χ2n) is 30.1. The van der Waals surface area contributed by atoms with Gasteiger partial charge in [0.25, 0.3) is 0 Å². The molecule has 7 atom stereocenters. The van der Waals surface area contributed by atoms with Gasteiger partial charge < -0.3 is 33.8 Å². The molecule has 0 aliphatic carbocycles. The van der Waals surface area contributed by atoms with Gasteiger partial charge in [-0.3, -0.25) is 37.3 Å². The maximum atomic E-state index is 13.1. The van der Waals surface area contributed by atoms with Crippen molar-refractivity contribution in [3.8, 4) is 0 Å². The normalized spacial score (nSPS) is 14.5. The molecule has 19 heteroatoms. The fourth-order valence-corrected chi connectivity index (χ4v) is 14.0. The van der Waals surface area contributed by atoms with Gasteiger partial charge in [0.05, 0.1) is 26.4 Å². The van der Waals surface area contributed by atoms with Gasteiger partial charge >= 0.3 is 39.5 Å². The lowest BCUT2D eigenvalue weighted by Gasteiger charge is -2.21. The van der Waals surface area contributed by atoms with E-state index in [1.54, 1.807) is 0 Å². The van der Waals surface area contributed by atoms with Crippen LogP contribution >= 0.6 is 15.6 Å². The molecule has 3 N–H and O–H groups in total. The number of rotatable bonds is 79. The van der Waals surface area contributed by atoms with Crippen LogP contribution in [0.25, 0.3) is 0 Å².